The Bertz CT molecular complexity index is 728. The van der Waals surface area contributed by atoms with Crippen molar-refractivity contribution in [1.82, 2.24) is 0 Å². The maximum atomic E-state index is 11.2. The minimum Gasteiger partial charge on any atom is -0.506 e. The molecule has 3 nitrogen and oxygen atoms in total. The van der Waals surface area contributed by atoms with Gasteiger partial charge in [0.15, 0.2) is 0 Å². The van der Waals surface area contributed by atoms with Crippen molar-refractivity contribution in [2.24, 2.45) is 0 Å². The maximum absolute atomic E-state index is 11.2. The molecule has 2 rings (SSSR count). The van der Waals surface area contributed by atoms with Gasteiger partial charge in [-0.15, -0.1) is 0 Å². The molecule has 0 aliphatic carbocycles. The average molecular weight is 572 g/mol. The van der Waals surface area contributed by atoms with E-state index in [2.05, 4.69) is 70.6 Å². The highest BCUT2D eigenvalue weighted by atomic mass is 79.9. The van der Waals surface area contributed by atoms with Gasteiger partial charge >= 0.3 is 5.97 Å². The molecule has 1 atom stereocenters. The SMILES string of the molecule is CC(Cc1cc(Br)c(C(=O)O)c(Br)c1)c1cc(Br)c(O)c(Br)c1. The zero-order valence-electron chi connectivity index (χ0n) is 11.9. The number of hydrogen-bond donors (Lipinski definition) is 2. The van der Waals surface area contributed by atoms with Crippen LogP contribution in [0.4, 0.5) is 0 Å². The van der Waals surface area contributed by atoms with Gasteiger partial charge in [-0.2, -0.15) is 0 Å². The van der Waals surface area contributed by atoms with Gasteiger partial charge in [0.25, 0.3) is 0 Å². The second kappa shape index (κ2) is 7.68. The molecule has 1 unspecified atom stereocenters. The Morgan fingerprint density at radius 3 is 1.91 bits per heavy atom. The van der Waals surface area contributed by atoms with E-state index in [0.717, 1.165) is 17.5 Å². The minimum atomic E-state index is -0.977. The first-order valence-corrected chi connectivity index (χ1v) is 9.77. The van der Waals surface area contributed by atoms with Crippen LogP contribution in [-0.4, -0.2) is 16.2 Å². The number of carbonyl (C=O) groups is 1. The molecular formula is C16H12Br4O3. The summed E-state index contributed by atoms with van der Waals surface area (Å²) < 4.78 is 2.37. The van der Waals surface area contributed by atoms with Gasteiger partial charge in [0.05, 0.1) is 14.5 Å². The third kappa shape index (κ3) is 4.38. The lowest BCUT2D eigenvalue weighted by atomic mass is 9.93. The van der Waals surface area contributed by atoms with Crippen LogP contribution in [-0.2, 0) is 6.42 Å². The Balaban J connectivity index is 2.31. The van der Waals surface area contributed by atoms with Crippen LogP contribution in [0, 0.1) is 0 Å². The Hall–Kier alpha value is -0.370. The van der Waals surface area contributed by atoms with Gasteiger partial charge in [0.1, 0.15) is 5.75 Å². The molecule has 2 aromatic rings. The summed E-state index contributed by atoms with van der Waals surface area (Å²) in [5, 5.41) is 19.0. The zero-order chi connectivity index (χ0) is 17.3. The highest BCUT2D eigenvalue weighted by molar-refractivity contribution is 9.11. The standard InChI is InChI=1S/C16H12Br4O3/c1-7(9-5-12(19)15(21)13(20)6-9)2-8-3-10(17)14(16(22)23)11(18)4-8/h3-7,21H,2H2,1H3,(H,22,23). The molecule has 7 heteroatoms. The molecule has 2 aromatic carbocycles. The molecule has 0 aliphatic rings. The fourth-order valence-electron chi connectivity index (χ4n) is 2.29. The van der Waals surface area contributed by atoms with Crippen molar-refractivity contribution in [1.29, 1.82) is 0 Å². The van der Waals surface area contributed by atoms with Gasteiger partial charge in [-0.3, -0.25) is 0 Å². The van der Waals surface area contributed by atoms with E-state index >= 15 is 0 Å². The summed E-state index contributed by atoms with van der Waals surface area (Å²) >= 11 is 13.3. The number of carboxylic acids is 1. The first-order chi connectivity index (χ1) is 10.7. The first kappa shape index (κ1) is 19.0. The fourth-order valence-corrected chi connectivity index (χ4v) is 5.13. The highest BCUT2D eigenvalue weighted by Crippen LogP contribution is 2.37. The fraction of sp³-hybridized carbons (Fsp3) is 0.188. The molecule has 0 bridgehead atoms. The second-order valence-corrected chi connectivity index (χ2v) is 8.60. The number of hydrogen-bond acceptors (Lipinski definition) is 2. The van der Waals surface area contributed by atoms with Crippen LogP contribution in [0.1, 0.15) is 34.3 Å². The summed E-state index contributed by atoms with van der Waals surface area (Å²) in [7, 11) is 0. The Labute approximate surface area is 167 Å². The van der Waals surface area contributed by atoms with Crippen molar-refractivity contribution in [2.45, 2.75) is 19.3 Å². The summed E-state index contributed by atoms with van der Waals surface area (Å²) in [6.07, 6.45) is 0.737. The zero-order valence-corrected chi connectivity index (χ0v) is 18.3. The number of halogens is 4. The molecule has 0 aliphatic heterocycles. The number of carboxylic acid groups (broad SMARTS) is 1. The minimum absolute atomic E-state index is 0.178. The molecular weight excluding hydrogens is 560 g/mol. The molecule has 0 aromatic heterocycles. The lowest BCUT2D eigenvalue weighted by Gasteiger charge is -2.15. The summed E-state index contributed by atoms with van der Waals surface area (Å²) in [5.74, 6) is -0.607. The van der Waals surface area contributed by atoms with Crippen LogP contribution in [0.25, 0.3) is 0 Å². The Morgan fingerprint density at radius 1 is 1.00 bits per heavy atom. The summed E-state index contributed by atoms with van der Waals surface area (Å²) in [5.41, 5.74) is 2.30. The quantitative estimate of drug-likeness (QED) is 0.441. The van der Waals surface area contributed by atoms with Crippen molar-refractivity contribution in [2.75, 3.05) is 0 Å². The van der Waals surface area contributed by atoms with E-state index in [1.165, 1.54) is 0 Å². The van der Waals surface area contributed by atoms with E-state index in [4.69, 9.17) is 0 Å². The third-order valence-electron chi connectivity index (χ3n) is 3.47. The van der Waals surface area contributed by atoms with Crippen LogP contribution in [0.5, 0.6) is 5.75 Å². The molecule has 0 spiro atoms. The van der Waals surface area contributed by atoms with Crippen LogP contribution in [0.2, 0.25) is 0 Å². The number of phenols is 1. The van der Waals surface area contributed by atoms with E-state index in [9.17, 15) is 15.0 Å². The molecule has 0 saturated carbocycles. The molecule has 122 valence electrons. The topological polar surface area (TPSA) is 57.5 Å². The van der Waals surface area contributed by atoms with Crippen molar-refractivity contribution < 1.29 is 15.0 Å². The molecule has 2 N–H and O–H groups in total. The first-order valence-electron chi connectivity index (χ1n) is 6.59. The Morgan fingerprint density at radius 2 is 1.48 bits per heavy atom. The van der Waals surface area contributed by atoms with Gasteiger partial charge in [-0.25, -0.2) is 4.79 Å². The number of aromatic carboxylic acids is 1. The molecule has 0 heterocycles. The van der Waals surface area contributed by atoms with E-state index in [1.807, 2.05) is 24.3 Å². The summed E-state index contributed by atoms with van der Waals surface area (Å²) in [6.45, 7) is 2.08. The number of rotatable bonds is 4. The van der Waals surface area contributed by atoms with Crippen molar-refractivity contribution in [3.8, 4) is 5.75 Å². The van der Waals surface area contributed by atoms with Crippen LogP contribution in [0.3, 0.4) is 0 Å². The van der Waals surface area contributed by atoms with Gasteiger partial charge in [-0.1, -0.05) is 6.92 Å². The van der Waals surface area contributed by atoms with Crippen molar-refractivity contribution in [3.05, 3.63) is 58.8 Å². The van der Waals surface area contributed by atoms with Gasteiger partial charge < -0.3 is 10.2 Å². The number of aromatic hydroxyl groups is 1. The van der Waals surface area contributed by atoms with Gasteiger partial charge in [0, 0.05) is 8.95 Å². The normalized spacial score (nSPS) is 12.2. The van der Waals surface area contributed by atoms with Gasteiger partial charge in [-0.05, 0) is 111 Å². The highest BCUT2D eigenvalue weighted by Gasteiger charge is 2.17. The Kier molecular flexibility index (Phi) is 6.33. The predicted molar refractivity (Wildman–Crippen MR) is 104 cm³/mol. The monoisotopic (exact) mass is 568 g/mol. The van der Waals surface area contributed by atoms with E-state index < -0.39 is 5.97 Å². The average Bonchev–Trinajstić information content (AvgIpc) is 2.42. The number of phenolic OH excluding ortho intramolecular Hbond substituents is 1. The van der Waals surface area contributed by atoms with E-state index in [-0.39, 0.29) is 17.2 Å². The maximum Gasteiger partial charge on any atom is 0.337 e. The largest absolute Gasteiger partial charge is 0.506 e. The molecule has 0 fully saturated rings. The second-order valence-electron chi connectivity index (χ2n) is 5.18. The molecule has 23 heavy (non-hydrogen) atoms. The molecule has 0 radical (unpaired) electrons. The van der Waals surface area contributed by atoms with Crippen molar-refractivity contribution >= 4 is 69.7 Å². The van der Waals surface area contributed by atoms with Crippen LogP contribution >= 0.6 is 63.7 Å². The van der Waals surface area contributed by atoms with Crippen LogP contribution < -0.4 is 0 Å². The third-order valence-corrected chi connectivity index (χ3v) is 5.93. The van der Waals surface area contributed by atoms with E-state index in [1.54, 1.807) is 0 Å². The molecule has 0 amide bonds. The van der Waals surface area contributed by atoms with Crippen molar-refractivity contribution in [3.63, 3.8) is 0 Å². The summed E-state index contributed by atoms with van der Waals surface area (Å²) in [4.78, 5) is 11.2. The smallest absolute Gasteiger partial charge is 0.337 e. The number of benzene rings is 2. The van der Waals surface area contributed by atoms with E-state index in [0.29, 0.717) is 17.9 Å². The molecule has 0 saturated heterocycles. The lowest BCUT2D eigenvalue weighted by molar-refractivity contribution is 0.0695. The van der Waals surface area contributed by atoms with Gasteiger partial charge in [0.2, 0.25) is 0 Å². The predicted octanol–water partition coefficient (Wildman–Crippen LogP) is 6.49. The summed E-state index contributed by atoms with van der Waals surface area (Å²) in [6, 6.07) is 7.44. The van der Waals surface area contributed by atoms with Crippen LogP contribution in [0.15, 0.2) is 42.2 Å². The lowest BCUT2D eigenvalue weighted by Crippen LogP contribution is -2.03.